The molecule has 0 bridgehead atoms. The molecule has 7 nitrogen and oxygen atoms in total. The number of aliphatic carboxylic acids is 1. The Bertz CT molecular complexity index is 755. The normalized spacial score (nSPS) is 11.3. The average molecular weight is 327 g/mol. The van der Waals surface area contributed by atoms with E-state index in [0.717, 1.165) is 15.8 Å². The van der Waals surface area contributed by atoms with Crippen molar-refractivity contribution in [1.82, 2.24) is 9.78 Å². The summed E-state index contributed by atoms with van der Waals surface area (Å²) in [7, 11) is -3.79. The third-order valence-electron chi connectivity index (χ3n) is 2.54. The number of carbonyl (C=O) groups is 1. The Balaban J connectivity index is 2.21. The van der Waals surface area contributed by atoms with Crippen molar-refractivity contribution in [2.45, 2.75) is 16.3 Å². The molecule has 0 aliphatic rings. The summed E-state index contributed by atoms with van der Waals surface area (Å²) in [5, 5.41) is 12.4. The molecule has 2 aromatic rings. The van der Waals surface area contributed by atoms with Gasteiger partial charge in [0, 0.05) is 16.8 Å². The Kier molecular flexibility index (Phi) is 4.53. The zero-order valence-corrected chi connectivity index (χ0v) is 12.7. The van der Waals surface area contributed by atoms with Crippen molar-refractivity contribution >= 4 is 33.4 Å². The predicted molar refractivity (Wildman–Crippen MR) is 78.9 cm³/mol. The summed E-state index contributed by atoms with van der Waals surface area (Å²) in [6.07, 6.45) is 4.18. The molecule has 0 unspecified atom stereocenters. The number of carboxylic acids is 1. The molecule has 1 aromatic carbocycles. The number of benzene rings is 1. The standard InChI is InChI=1S/C12H13N3O4S2/c1-20-10-4-2-3-9(5-10)14-21(18,19)11-6-13-15(7-11)8-12(16)17/h2-7,14H,8H2,1H3,(H,16,17). The molecule has 0 atom stereocenters. The fraction of sp³-hybridized carbons (Fsp3) is 0.167. The third-order valence-corrected chi connectivity index (χ3v) is 4.60. The van der Waals surface area contributed by atoms with Gasteiger partial charge in [-0.1, -0.05) is 6.07 Å². The molecule has 0 aliphatic carbocycles. The molecule has 112 valence electrons. The summed E-state index contributed by atoms with van der Waals surface area (Å²) >= 11 is 1.50. The molecule has 21 heavy (non-hydrogen) atoms. The number of aromatic nitrogens is 2. The minimum atomic E-state index is -3.79. The van der Waals surface area contributed by atoms with Crippen LogP contribution >= 0.6 is 11.8 Å². The van der Waals surface area contributed by atoms with Gasteiger partial charge in [0.15, 0.2) is 0 Å². The van der Waals surface area contributed by atoms with Gasteiger partial charge in [-0.3, -0.25) is 14.2 Å². The van der Waals surface area contributed by atoms with Gasteiger partial charge in [-0.25, -0.2) is 8.42 Å². The molecule has 1 aromatic heterocycles. The van der Waals surface area contributed by atoms with Crippen molar-refractivity contribution in [1.29, 1.82) is 0 Å². The summed E-state index contributed by atoms with van der Waals surface area (Å²) in [6, 6.07) is 6.97. The lowest BCUT2D eigenvalue weighted by molar-refractivity contribution is -0.137. The van der Waals surface area contributed by atoms with E-state index in [1.165, 1.54) is 18.0 Å². The first-order chi connectivity index (χ1) is 9.90. The maximum atomic E-state index is 12.2. The molecule has 0 spiro atoms. The highest BCUT2D eigenvalue weighted by atomic mass is 32.2. The van der Waals surface area contributed by atoms with Crippen LogP contribution < -0.4 is 4.72 Å². The van der Waals surface area contributed by atoms with Crippen LogP contribution in [-0.4, -0.2) is 35.5 Å². The van der Waals surface area contributed by atoms with Crippen molar-refractivity contribution in [3.63, 3.8) is 0 Å². The molecule has 2 rings (SSSR count). The van der Waals surface area contributed by atoms with Crippen LogP contribution in [-0.2, 0) is 21.4 Å². The molecule has 9 heteroatoms. The molecule has 2 N–H and O–H groups in total. The van der Waals surface area contributed by atoms with Crippen LogP contribution in [0.2, 0.25) is 0 Å². The van der Waals surface area contributed by atoms with E-state index in [4.69, 9.17) is 5.11 Å². The Hall–Kier alpha value is -2.00. The minimum absolute atomic E-state index is 0.0849. The Morgan fingerprint density at radius 1 is 1.48 bits per heavy atom. The van der Waals surface area contributed by atoms with E-state index in [2.05, 4.69) is 9.82 Å². The van der Waals surface area contributed by atoms with Gasteiger partial charge >= 0.3 is 5.97 Å². The summed E-state index contributed by atoms with van der Waals surface area (Å²) in [5.41, 5.74) is 0.438. The highest BCUT2D eigenvalue weighted by molar-refractivity contribution is 7.98. The van der Waals surface area contributed by atoms with Crippen LogP contribution in [0.4, 0.5) is 5.69 Å². The second-order valence-corrected chi connectivity index (χ2v) is 6.67. The Morgan fingerprint density at radius 2 is 2.24 bits per heavy atom. The fourth-order valence-corrected chi connectivity index (χ4v) is 3.07. The van der Waals surface area contributed by atoms with Gasteiger partial charge in [-0.15, -0.1) is 11.8 Å². The monoisotopic (exact) mass is 327 g/mol. The topological polar surface area (TPSA) is 101 Å². The van der Waals surface area contributed by atoms with Crippen LogP contribution in [0.15, 0.2) is 46.5 Å². The second-order valence-electron chi connectivity index (χ2n) is 4.10. The highest BCUT2D eigenvalue weighted by Crippen LogP contribution is 2.21. The van der Waals surface area contributed by atoms with Crippen LogP contribution in [0.1, 0.15) is 0 Å². The number of nitrogens with one attached hydrogen (secondary N) is 1. The van der Waals surface area contributed by atoms with E-state index in [-0.39, 0.29) is 4.90 Å². The maximum absolute atomic E-state index is 12.2. The van der Waals surface area contributed by atoms with Gasteiger partial charge in [0.1, 0.15) is 11.4 Å². The number of carboxylic acid groups (broad SMARTS) is 1. The number of hydrogen-bond donors (Lipinski definition) is 2. The Morgan fingerprint density at radius 3 is 2.90 bits per heavy atom. The second kappa shape index (κ2) is 6.19. The zero-order chi connectivity index (χ0) is 15.5. The van der Waals surface area contributed by atoms with E-state index >= 15 is 0 Å². The SMILES string of the molecule is CSc1cccc(NS(=O)(=O)c2cnn(CC(=O)O)c2)c1. The lowest BCUT2D eigenvalue weighted by Gasteiger charge is -2.07. The van der Waals surface area contributed by atoms with Gasteiger partial charge in [-0.2, -0.15) is 5.10 Å². The van der Waals surface area contributed by atoms with Gasteiger partial charge in [0.05, 0.1) is 6.20 Å². The lowest BCUT2D eigenvalue weighted by atomic mass is 10.3. The summed E-state index contributed by atoms with van der Waals surface area (Å²) in [5.74, 6) is -1.09. The number of nitrogens with zero attached hydrogens (tertiary/aromatic N) is 2. The lowest BCUT2D eigenvalue weighted by Crippen LogP contribution is -2.13. The van der Waals surface area contributed by atoms with E-state index in [1.807, 2.05) is 12.3 Å². The fourth-order valence-electron chi connectivity index (χ4n) is 1.61. The summed E-state index contributed by atoms with van der Waals surface area (Å²) in [6.45, 7) is -0.391. The highest BCUT2D eigenvalue weighted by Gasteiger charge is 2.17. The molecule has 0 saturated carbocycles. The maximum Gasteiger partial charge on any atom is 0.325 e. The number of rotatable bonds is 6. The number of sulfonamides is 1. The van der Waals surface area contributed by atoms with E-state index in [9.17, 15) is 13.2 Å². The minimum Gasteiger partial charge on any atom is -0.480 e. The van der Waals surface area contributed by atoms with Crippen LogP contribution in [0.5, 0.6) is 0 Å². The van der Waals surface area contributed by atoms with Gasteiger partial charge in [-0.05, 0) is 24.5 Å². The molecule has 0 saturated heterocycles. The summed E-state index contributed by atoms with van der Waals surface area (Å²) < 4.78 is 27.8. The first-order valence-electron chi connectivity index (χ1n) is 5.82. The quantitative estimate of drug-likeness (QED) is 0.780. The van der Waals surface area contributed by atoms with Gasteiger partial charge < -0.3 is 5.11 Å². The number of anilines is 1. The first kappa shape index (κ1) is 15.4. The van der Waals surface area contributed by atoms with Crippen LogP contribution in [0.3, 0.4) is 0 Å². The first-order valence-corrected chi connectivity index (χ1v) is 8.52. The van der Waals surface area contributed by atoms with Gasteiger partial charge in [0.2, 0.25) is 0 Å². The molecule has 0 amide bonds. The smallest absolute Gasteiger partial charge is 0.325 e. The summed E-state index contributed by atoms with van der Waals surface area (Å²) in [4.78, 5) is 11.4. The van der Waals surface area contributed by atoms with E-state index in [0.29, 0.717) is 5.69 Å². The van der Waals surface area contributed by atoms with Crippen LogP contribution in [0, 0.1) is 0 Å². The molecule has 0 fully saturated rings. The van der Waals surface area contributed by atoms with Crippen molar-refractivity contribution in [2.24, 2.45) is 0 Å². The molecule has 1 heterocycles. The molecule has 0 radical (unpaired) electrons. The number of hydrogen-bond acceptors (Lipinski definition) is 5. The molecular formula is C12H13N3O4S2. The van der Waals surface area contributed by atoms with Crippen molar-refractivity contribution in [2.75, 3.05) is 11.0 Å². The molecule has 0 aliphatic heterocycles. The Labute approximate surface area is 126 Å². The van der Waals surface area contributed by atoms with Crippen molar-refractivity contribution in [3.8, 4) is 0 Å². The van der Waals surface area contributed by atoms with Crippen molar-refractivity contribution in [3.05, 3.63) is 36.7 Å². The van der Waals surface area contributed by atoms with E-state index < -0.39 is 22.5 Å². The van der Waals surface area contributed by atoms with Crippen molar-refractivity contribution < 1.29 is 18.3 Å². The molecular weight excluding hydrogens is 314 g/mol. The zero-order valence-electron chi connectivity index (χ0n) is 11.1. The largest absolute Gasteiger partial charge is 0.480 e. The van der Waals surface area contributed by atoms with Gasteiger partial charge in [0.25, 0.3) is 10.0 Å². The van der Waals surface area contributed by atoms with Crippen LogP contribution in [0.25, 0.3) is 0 Å². The average Bonchev–Trinajstić information content (AvgIpc) is 2.87. The predicted octanol–water partition coefficient (Wildman–Crippen LogP) is 1.49. The third kappa shape index (κ3) is 3.99. The number of thioether (sulfide) groups is 1. The van der Waals surface area contributed by atoms with E-state index in [1.54, 1.807) is 18.2 Å².